The molecule has 1 aromatic heterocycles. The van der Waals surface area contributed by atoms with E-state index in [0.29, 0.717) is 0 Å². The summed E-state index contributed by atoms with van der Waals surface area (Å²) in [5, 5.41) is 9.21. The third-order valence-corrected chi connectivity index (χ3v) is 2.20. The average Bonchev–Trinajstić information content (AvgIpc) is 2.30. The lowest BCUT2D eigenvalue weighted by Gasteiger charge is -2.10. The Balaban J connectivity index is 2.40. The number of alkyl halides is 3. The zero-order valence-corrected chi connectivity index (χ0v) is 9.28. The van der Waals surface area contributed by atoms with Crippen LogP contribution in [0.1, 0.15) is 0 Å². The molecule has 0 aliphatic heterocycles. The summed E-state index contributed by atoms with van der Waals surface area (Å²) in [5.74, 6) is -1.67. The molecule has 3 nitrogen and oxygen atoms in total. The van der Waals surface area contributed by atoms with Gasteiger partial charge in [-0.2, -0.15) is 4.39 Å². The Morgan fingerprint density at radius 1 is 1.16 bits per heavy atom. The van der Waals surface area contributed by atoms with E-state index in [0.717, 1.165) is 24.4 Å². The molecule has 0 spiro atoms. The number of pyridine rings is 1. The van der Waals surface area contributed by atoms with Crippen LogP contribution >= 0.6 is 0 Å². The fourth-order valence-corrected chi connectivity index (χ4v) is 1.50. The predicted molar refractivity (Wildman–Crippen MR) is 58.0 cm³/mol. The molecule has 0 amide bonds. The van der Waals surface area contributed by atoms with Crippen molar-refractivity contribution in [1.82, 2.24) is 4.98 Å². The number of hydrogen-bond acceptors (Lipinski definition) is 3. The molecular formula is C12H7F4NO2. The van der Waals surface area contributed by atoms with Crippen molar-refractivity contribution in [2.75, 3.05) is 0 Å². The lowest BCUT2D eigenvalue weighted by molar-refractivity contribution is -0.274. The van der Waals surface area contributed by atoms with Crippen molar-refractivity contribution in [2.45, 2.75) is 6.36 Å². The summed E-state index contributed by atoms with van der Waals surface area (Å²) in [6, 6.07) is 5.82. The van der Waals surface area contributed by atoms with Crippen LogP contribution in [-0.2, 0) is 0 Å². The van der Waals surface area contributed by atoms with Crippen LogP contribution in [-0.4, -0.2) is 16.5 Å². The fourth-order valence-electron chi connectivity index (χ4n) is 1.50. The lowest BCUT2D eigenvalue weighted by Crippen LogP contribution is -2.17. The smallest absolute Gasteiger partial charge is 0.506 e. The van der Waals surface area contributed by atoms with Gasteiger partial charge in [0, 0.05) is 5.56 Å². The second-order valence-electron chi connectivity index (χ2n) is 3.61. The summed E-state index contributed by atoms with van der Waals surface area (Å²) in [6.45, 7) is 0. The maximum atomic E-state index is 13.4. The average molecular weight is 273 g/mol. The van der Waals surface area contributed by atoms with Crippen LogP contribution in [0.15, 0.2) is 36.5 Å². The van der Waals surface area contributed by atoms with Gasteiger partial charge in [0.1, 0.15) is 11.5 Å². The van der Waals surface area contributed by atoms with E-state index in [1.165, 1.54) is 12.1 Å². The summed E-state index contributed by atoms with van der Waals surface area (Å²) in [6.07, 6.45) is -3.93. The first-order valence-corrected chi connectivity index (χ1v) is 5.06. The monoisotopic (exact) mass is 273 g/mol. The maximum absolute atomic E-state index is 13.4. The zero-order valence-electron chi connectivity index (χ0n) is 9.28. The van der Waals surface area contributed by atoms with Crippen molar-refractivity contribution in [3.05, 3.63) is 42.5 Å². The van der Waals surface area contributed by atoms with Crippen LogP contribution in [0.25, 0.3) is 11.1 Å². The second kappa shape index (κ2) is 4.75. The Kier molecular flexibility index (Phi) is 3.28. The Bertz CT molecular complexity index is 599. The van der Waals surface area contributed by atoms with Crippen molar-refractivity contribution in [1.29, 1.82) is 0 Å². The fraction of sp³-hybridized carbons (Fsp3) is 0.0833. The Morgan fingerprint density at radius 2 is 1.89 bits per heavy atom. The molecule has 100 valence electrons. The second-order valence-corrected chi connectivity index (χ2v) is 3.61. The van der Waals surface area contributed by atoms with Crippen molar-refractivity contribution in [2.24, 2.45) is 0 Å². The first-order chi connectivity index (χ1) is 8.85. The number of hydrogen-bond donors (Lipinski definition) is 1. The third-order valence-electron chi connectivity index (χ3n) is 2.20. The van der Waals surface area contributed by atoms with Crippen LogP contribution in [0.2, 0.25) is 0 Å². The number of aromatic nitrogens is 1. The van der Waals surface area contributed by atoms with Crippen molar-refractivity contribution < 1.29 is 27.4 Å². The number of nitrogens with zero attached hydrogens (tertiary/aromatic N) is 1. The minimum absolute atomic E-state index is 0.114. The van der Waals surface area contributed by atoms with Crippen molar-refractivity contribution in [3.8, 4) is 22.6 Å². The summed E-state index contributed by atoms with van der Waals surface area (Å²) in [4.78, 5) is 3.28. The number of halogens is 4. The Labute approximate surface area is 105 Å². The highest BCUT2D eigenvalue weighted by Crippen LogP contribution is 2.30. The van der Waals surface area contributed by atoms with Crippen LogP contribution in [0.4, 0.5) is 17.6 Å². The van der Waals surface area contributed by atoms with Gasteiger partial charge in [-0.3, -0.25) is 0 Å². The van der Waals surface area contributed by atoms with Gasteiger partial charge in [0.2, 0.25) is 5.95 Å². The molecule has 0 aliphatic rings. The molecule has 1 N–H and O–H groups in total. The number of benzene rings is 1. The van der Waals surface area contributed by atoms with Gasteiger partial charge in [-0.25, -0.2) is 4.98 Å². The molecule has 2 rings (SSSR count). The van der Waals surface area contributed by atoms with Gasteiger partial charge in [0.05, 0.1) is 6.20 Å². The van der Waals surface area contributed by atoms with Crippen LogP contribution < -0.4 is 4.74 Å². The topological polar surface area (TPSA) is 42.4 Å². The molecule has 7 heteroatoms. The van der Waals surface area contributed by atoms with E-state index >= 15 is 0 Å². The van der Waals surface area contributed by atoms with Gasteiger partial charge in [0.25, 0.3) is 0 Å². The first-order valence-electron chi connectivity index (χ1n) is 5.06. The van der Waals surface area contributed by atoms with Gasteiger partial charge in [-0.15, -0.1) is 13.2 Å². The van der Waals surface area contributed by atoms with E-state index in [9.17, 15) is 22.7 Å². The molecule has 0 unspecified atom stereocenters. The summed E-state index contributed by atoms with van der Waals surface area (Å²) < 4.78 is 53.4. The number of rotatable bonds is 2. The van der Waals surface area contributed by atoms with Gasteiger partial charge < -0.3 is 9.84 Å². The van der Waals surface area contributed by atoms with Gasteiger partial charge in [0.15, 0.2) is 0 Å². The van der Waals surface area contributed by atoms with Crippen LogP contribution in [0.5, 0.6) is 11.5 Å². The first kappa shape index (κ1) is 13.1. The number of aromatic hydroxyl groups is 1. The van der Waals surface area contributed by atoms with Crippen molar-refractivity contribution in [3.63, 3.8) is 0 Å². The van der Waals surface area contributed by atoms with Crippen LogP contribution in [0, 0.1) is 5.95 Å². The summed E-state index contributed by atoms with van der Waals surface area (Å²) in [5.41, 5.74) is -0.00438. The highest BCUT2D eigenvalue weighted by atomic mass is 19.4. The molecule has 0 fully saturated rings. The van der Waals surface area contributed by atoms with Crippen molar-refractivity contribution >= 4 is 0 Å². The zero-order chi connectivity index (χ0) is 14.0. The normalized spacial score (nSPS) is 11.4. The minimum Gasteiger partial charge on any atom is -0.506 e. The van der Waals surface area contributed by atoms with Gasteiger partial charge in [-0.05, 0) is 23.8 Å². The standard InChI is InChI=1S/C12H7F4NO2/c13-11-10(5-8(18)6-17-11)7-2-1-3-9(4-7)19-12(14,15)16/h1-6,18H. The molecule has 1 heterocycles. The van der Waals surface area contributed by atoms with E-state index in [1.54, 1.807) is 0 Å². The van der Waals surface area contributed by atoms with E-state index in [4.69, 9.17) is 0 Å². The summed E-state index contributed by atoms with van der Waals surface area (Å²) >= 11 is 0. The Morgan fingerprint density at radius 3 is 2.58 bits per heavy atom. The molecule has 0 saturated heterocycles. The molecule has 19 heavy (non-hydrogen) atoms. The van der Waals surface area contributed by atoms with E-state index in [1.807, 2.05) is 0 Å². The highest BCUT2D eigenvalue weighted by Gasteiger charge is 2.31. The highest BCUT2D eigenvalue weighted by molar-refractivity contribution is 5.66. The van der Waals surface area contributed by atoms with Crippen LogP contribution in [0.3, 0.4) is 0 Å². The van der Waals surface area contributed by atoms with E-state index in [2.05, 4.69) is 9.72 Å². The molecule has 0 bridgehead atoms. The SMILES string of the molecule is Oc1cnc(F)c(-c2cccc(OC(F)(F)F)c2)c1. The summed E-state index contributed by atoms with van der Waals surface area (Å²) in [7, 11) is 0. The lowest BCUT2D eigenvalue weighted by atomic mass is 10.1. The Hall–Kier alpha value is -2.31. The largest absolute Gasteiger partial charge is 0.573 e. The molecular weight excluding hydrogens is 266 g/mol. The molecule has 0 aliphatic carbocycles. The van der Waals surface area contributed by atoms with E-state index < -0.39 is 18.1 Å². The van der Waals surface area contributed by atoms with Gasteiger partial charge in [-0.1, -0.05) is 12.1 Å². The molecule has 0 saturated carbocycles. The third kappa shape index (κ3) is 3.34. The molecule has 0 atom stereocenters. The van der Waals surface area contributed by atoms with Gasteiger partial charge >= 0.3 is 6.36 Å². The number of ether oxygens (including phenoxy) is 1. The molecule has 0 radical (unpaired) electrons. The molecule has 2 aromatic rings. The van der Waals surface area contributed by atoms with E-state index in [-0.39, 0.29) is 16.9 Å². The molecule has 1 aromatic carbocycles. The predicted octanol–water partition coefficient (Wildman–Crippen LogP) is 3.49. The minimum atomic E-state index is -4.83. The maximum Gasteiger partial charge on any atom is 0.573 e. The quantitative estimate of drug-likeness (QED) is 0.672.